The van der Waals surface area contributed by atoms with E-state index in [-0.39, 0.29) is 17.0 Å². The van der Waals surface area contributed by atoms with Gasteiger partial charge in [0.25, 0.3) is 10.0 Å². The predicted octanol–water partition coefficient (Wildman–Crippen LogP) is 2.44. The summed E-state index contributed by atoms with van der Waals surface area (Å²) in [5.74, 6) is 0.0732. The van der Waals surface area contributed by atoms with Crippen molar-refractivity contribution in [2.24, 2.45) is 7.05 Å². The van der Waals surface area contributed by atoms with Crippen LogP contribution in [0.2, 0.25) is 0 Å². The first-order valence-electron chi connectivity index (χ1n) is 9.54. The van der Waals surface area contributed by atoms with Crippen LogP contribution < -0.4 is 5.32 Å². The molecular weight excluding hydrogens is 406 g/mol. The topological polar surface area (TPSA) is 80.1 Å². The molecule has 0 amide bonds. The van der Waals surface area contributed by atoms with Gasteiger partial charge in [-0.1, -0.05) is 30.3 Å². The standard InChI is InChI=1S/C20H25N5O2S2/c1-14-19(28-15(2)23-14)9-21-18-11-25(10-17(18)16-7-5-4-6-8-16)29(26,27)20-12-24(3)13-22-20/h4-8,12-13,17-18,21H,9-11H2,1-3H3/t17-,18+/m1/s1. The maximum absolute atomic E-state index is 13.1. The number of aromatic nitrogens is 3. The van der Waals surface area contributed by atoms with Gasteiger partial charge in [0.1, 0.15) is 0 Å². The van der Waals surface area contributed by atoms with Crippen LogP contribution in [0.3, 0.4) is 0 Å². The maximum atomic E-state index is 13.1. The van der Waals surface area contributed by atoms with Crippen LogP contribution in [-0.4, -0.2) is 46.4 Å². The Kier molecular flexibility index (Phi) is 5.56. The number of hydrogen-bond acceptors (Lipinski definition) is 6. The van der Waals surface area contributed by atoms with Crippen LogP contribution in [0.15, 0.2) is 47.9 Å². The lowest BCUT2D eigenvalue weighted by Gasteiger charge is -2.20. The van der Waals surface area contributed by atoms with Gasteiger partial charge >= 0.3 is 0 Å². The Hall–Kier alpha value is -2.07. The van der Waals surface area contributed by atoms with Gasteiger partial charge in [0.2, 0.25) is 0 Å². The first-order valence-corrected chi connectivity index (χ1v) is 11.8. The highest BCUT2D eigenvalue weighted by Crippen LogP contribution is 2.31. The third kappa shape index (κ3) is 4.13. The highest BCUT2D eigenvalue weighted by molar-refractivity contribution is 7.89. The summed E-state index contributed by atoms with van der Waals surface area (Å²) in [5.41, 5.74) is 2.17. The highest BCUT2D eigenvalue weighted by Gasteiger charge is 2.40. The third-order valence-corrected chi connectivity index (χ3v) is 8.11. The first-order chi connectivity index (χ1) is 13.8. The summed E-state index contributed by atoms with van der Waals surface area (Å²) in [4.78, 5) is 9.76. The lowest BCUT2D eigenvalue weighted by molar-refractivity contribution is 0.454. The smallest absolute Gasteiger partial charge is 0.262 e. The van der Waals surface area contributed by atoms with Crippen LogP contribution in [0.25, 0.3) is 0 Å². The molecule has 4 rings (SSSR count). The molecule has 0 saturated carbocycles. The van der Waals surface area contributed by atoms with Gasteiger partial charge in [0, 0.05) is 49.7 Å². The van der Waals surface area contributed by atoms with Gasteiger partial charge in [-0.2, -0.15) is 4.31 Å². The maximum Gasteiger partial charge on any atom is 0.262 e. The van der Waals surface area contributed by atoms with Gasteiger partial charge in [0.15, 0.2) is 5.03 Å². The molecule has 3 aromatic rings. The fraction of sp³-hybridized carbons (Fsp3) is 0.400. The molecule has 1 aliphatic rings. The number of aryl methyl sites for hydroxylation is 3. The zero-order valence-corrected chi connectivity index (χ0v) is 18.4. The molecule has 0 radical (unpaired) electrons. The largest absolute Gasteiger partial charge is 0.339 e. The van der Waals surface area contributed by atoms with E-state index < -0.39 is 10.0 Å². The Morgan fingerprint density at radius 1 is 1.21 bits per heavy atom. The first kappa shape index (κ1) is 20.2. The monoisotopic (exact) mass is 431 g/mol. The molecule has 154 valence electrons. The van der Waals surface area contributed by atoms with Gasteiger partial charge in [-0.15, -0.1) is 11.3 Å². The number of hydrogen-bond donors (Lipinski definition) is 1. The molecule has 0 spiro atoms. The fourth-order valence-corrected chi connectivity index (χ4v) is 6.17. The molecule has 0 unspecified atom stereocenters. The molecule has 1 aromatic carbocycles. The minimum atomic E-state index is -3.63. The summed E-state index contributed by atoms with van der Waals surface area (Å²) in [6.45, 7) is 5.55. The number of thiazole rings is 1. The summed E-state index contributed by atoms with van der Waals surface area (Å²) < 4.78 is 29.4. The summed E-state index contributed by atoms with van der Waals surface area (Å²) in [5, 5.41) is 4.74. The minimum Gasteiger partial charge on any atom is -0.339 e. The molecule has 0 aliphatic carbocycles. The van der Waals surface area contributed by atoms with Crippen LogP contribution in [0.5, 0.6) is 0 Å². The van der Waals surface area contributed by atoms with E-state index in [1.54, 1.807) is 33.5 Å². The Bertz CT molecular complexity index is 1090. The number of nitrogens with one attached hydrogen (secondary N) is 1. The third-order valence-electron chi connectivity index (χ3n) is 5.32. The molecule has 2 aromatic heterocycles. The molecular formula is C20H25N5O2S2. The van der Waals surface area contributed by atoms with Crippen molar-refractivity contribution < 1.29 is 8.42 Å². The molecule has 1 aliphatic heterocycles. The van der Waals surface area contributed by atoms with Crippen LogP contribution in [-0.2, 0) is 23.6 Å². The zero-order chi connectivity index (χ0) is 20.6. The van der Waals surface area contributed by atoms with Crippen molar-refractivity contribution in [2.75, 3.05) is 13.1 Å². The van der Waals surface area contributed by atoms with Gasteiger partial charge in [-0.05, 0) is 19.4 Å². The second-order valence-corrected chi connectivity index (χ2v) is 10.6. The SMILES string of the molecule is Cc1nc(C)c(CN[C@H]2CN(S(=O)(=O)c3cn(C)cn3)C[C@@H]2c2ccccc2)s1. The number of sulfonamides is 1. The highest BCUT2D eigenvalue weighted by atomic mass is 32.2. The van der Waals surface area contributed by atoms with Crippen LogP contribution in [0, 0.1) is 13.8 Å². The van der Waals surface area contributed by atoms with Crippen molar-refractivity contribution >= 4 is 21.4 Å². The van der Waals surface area contributed by atoms with E-state index in [4.69, 9.17) is 0 Å². The van der Waals surface area contributed by atoms with E-state index in [9.17, 15) is 8.42 Å². The molecule has 3 heterocycles. The molecule has 0 bridgehead atoms. The molecule has 7 nitrogen and oxygen atoms in total. The number of nitrogens with zero attached hydrogens (tertiary/aromatic N) is 4. The van der Waals surface area contributed by atoms with E-state index in [1.807, 2.05) is 32.0 Å². The van der Waals surface area contributed by atoms with E-state index in [2.05, 4.69) is 27.4 Å². The molecule has 2 atom stereocenters. The van der Waals surface area contributed by atoms with Gasteiger partial charge < -0.3 is 9.88 Å². The lowest BCUT2D eigenvalue weighted by Crippen LogP contribution is -2.36. The summed E-state index contributed by atoms with van der Waals surface area (Å²) in [7, 11) is -1.86. The fourth-order valence-electron chi connectivity index (χ4n) is 3.82. The van der Waals surface area contributed by atoms with Crippen molar-refractivity contribution in [1.82, 2.24) is 24.2 Å². The second-order valence-electron chi connectivity index (χ2n) is 7.45. The van der Waals surface area contributed by atoms with Gasteiger partial charge in [-0.25, -0.2) is 18.4 Å². The van der Waals surface area contributed by atoms with Crippen molar-refractivity contribution in [3.63, 3.8) is 0 Å². The molecule has 1 saturated heterocycles. The Balaban J connectivity index is 1.58. The van der Waals surface area contributed by atoms with Crippen molar-refractivity contribution in [2.45, 2.75) is 37.4 Å². The summed E-state index contributed by atoms with van der Waals surface area (Å²) in [6, 6.07) is 10.1. The number of benzene rings is 1. The minimum absolute atomic E-state index is 0.0118. The van der Waals surface area contributed by atoms with E-state index in [0.29, 0.717) is 19.6 Å². The predicted molar refractivity (Wildman–Crippen MR) is 113 cm³/mol. The van der Waals surface area contributed by atoms with E-state index >= 15 is 0 Å². The Morgan fingerprint density at radius 2 is 1.97 bits per heavy atom. The summed E-state index contributed by atoms with van der Waals surface area (Å²) >= 11 is 1.68. The molecule has 9 heteroatoms. The molecule has 1 N–H and O–H groups in total. The normalized spacial score (nSPS) is 20.4. The average Bonchev–Trinajstić information content (AvgIpc) is 3.39. The van der Waals surface area contributed by atoms with Gasteiger partial charge in [0.05, 0.1) is 17.0 Å². The van der Waals surface area contributed by atoms with E-state index in [1.165, 1.54) is 11.2 Å². The van der Waals surface area contributed by atoms with Gasteiger partial charge in [-0.3, -0.25) is 0 Å². The van der Waals surface area contributed by atoms with Crippen molar-refractivity contribution in [3.05, 3.63) is 64.0 Å². The van der Waals surface area contributed by atoms with Crippen LogP contribution in [0.4, 0.5) is 0 Å². The molecule has 1 fully saturated rings. The average molecular weight is 432 g/mol. The van der Waals surface area contributed by atoms with Crippen molar-refractivity contribution in [3.8, 4) is 0 Å². The Labute approximate surface area is 175 Å². The zero-order valence-electron chi connectivity index (χ0n) is 16.7. The number of rotatable bonds is 6. The van der Waals surface area contributed by atoms with Crippen LogP contribution >= 0.6 is 11.3 Å². The van der Waals surface area contributed by atoms with Crippen molar-refractivity contribution in [1.29, 1.82) is 0 Å². The lowest BCUT2D eigenvalue weighted by atomic mass is 9.94. The molecule has 29 heavy (non-hydrogen) atoms. The van der Waals surface area contributed by atoms with Crippen LogP contribution in [0.1, 0.15) is 27.1 Å². The Morgan fingerprint density at radius 3 is 2.59 bits per heavy atom. The summed E-state index contributed by atoms with van der Waals surface area (Å²) in [6.07, 6.45) is 3.07. The second kappa shape index (κ2) is 7.98. The van der Waals surface area contributed by atoms with E-state index in [0.717, 1.165) is 16.3 Å². The quantitative estimate of drug-likeness (QED) is 0.648. The number of imidazole rings is 1.